The van der Waals surface area contributed by atoms with Crippen molar-refractivity contribution in [2.24, 2.45) is 5.92 Å². The topological polar surface area (TPSA) is 99.7 Å². The lowest BCUT2D eigenvalue weighted by molar-refractivity contribution is -0.142. The van der Waals surface area contributed by atoms with Gasteiger partial charge in [0.1, 0.15) is 5.92 Å². The van der Waals surface area contributed by atoms with Crippen LogP contribution in [0, 0.1) is 5.92 Å². The zero-order valence-corrected chi connectivity index (χ0v) is 10.9. The zero-order valence-electron chi connectivity index (χ0n) is 10.9. The number of nitrogens with one attached hydrogen (secondary N) is 3. The van der Waals surface area contributed by atoms with Crippen LogP contribution in [0.1, 0.15) is 19.3 Å². The first-order chi connectivity index (χ1) is 9.16. The first-order valence-electron chi connectivity index (χ1n) is 6.75. The average molecular weight is 271 g/mol. The Morgan fingerprint density at radius 2 is 2.00 bits per heavy atom. The monoisotopic (exact) mass is 271 g/mol. The fraction of sp³-hybridized carbons (Fsp3) is 0.833. The fourth-order valence-electron chi connectivity index (χ4n) is 2.04. The van der Waals surface area contributed by atoms with E-state index in [0.717, 1.165) is 13.0 Å². The lowest BCUT2D eigenvalue weighted by Gasteiger charge is -2.16. The molecule has 1 saturated heterocycles. The summed E-state index contributed by atoms with van der Waals surface area (Å²) in [6.45, 7) is 1.89. The van der Waals surface area contributed by atoms with Crippen molar-refractivity contribution in [1.82, 2.24) is 16.0 Å². The molecule has 0 spiro atoms. The summed E-state index contributed by atoms with van der Waals surface area (Å²) in [5, 5.41) is 17.7. The normalized spacial score (nSPS) is 26.1. The van der Waals surface area contributed by atoms with E-state index in [1.54, 1.807) is 0 Å². The first kappa shape index (κ1) is 14.1. The molecule has 0 bridgehead atoms. The van der Waals surface area contributed by atoms with Crippen LogP contribution in [0.25, 0.3) is 0 Å². The molecular weight excluding hydrogens is 250 g/mol. The number of urea groups is 1. The summed E-state index contributed by atoms with van der Waals surface area (Å²) in [5.41, 5.74) is 0. The van der Waals surface area contributed by atoms with Crippen molar-refractivity contribution in [2.45, 2.75) is 31.3 Å². The summed E-state index contributed by atoms with van der Waals surface area (Å²) in [6, 6.07) is -0.0870. The molecule has 2 fully saturated rings. The summed E-state index contributed by atoms with van der Waals surface area (Å²) in [6.07, 6.45) is 3.38. The minimum absolute atomic E-state index is 0.158. The Morgan fingerprint density at radius 3 is 2.68 bits per heavy atom. The lowest BCUT2D eigenvalue weighted by atomic mass is 10.0. The predicted octanol–water partition coefficient (Wildman–Crippen LogP) is -0.473. The predicted molar refractivity (Wildman–Crippen MR) is 67.9 cm³/mol. The highest BCUT2D eigenvalue weighted by Crippen LogP contribution is 2.18. The Balaban J connectivity index is 1.56. The maximum atomic E-state index is 11.6. The molecule has 19 heavy (non-hydrogen) atoms. The first-order valence-corrected chi connectivity index (χ1v) is 6.75. The number of rotatable bonds is 7. The van der Waals surface area contributed by atoms with Crippen LogP contribution in [-0.4, -0.2) is 55.5 Å². The van der Waals surface area contributed by atoms with Crippen molar-refractivity contribution in [1.29, 1.82) is 0 Å². The number of carbonyl (C=O) groups excluding carboxylic acids is 1. The molecule has 2 rings (SSSR count). The van der Waals surface area contributed by atoms with Crippen molar-refractivity contribution >= 4 is 12.0 Å². The Labute approximate surface area is 112 Å². The van der Waals surface area contributed by atoms with Crippen molar-refractivity contribution in [3.8, 4) is 0 Å². The van der Waals surface area contributed by atoms with E-state index in [1.807, 2.05) is 0 Å². The molecule has 7 nitrogen and oxygen atoms in total. The van der Waals surface area contributed by atoms with E-state index in [0.29, 0.717) is 12.6 Å². The second kappa shape index (κ2) is 6.72. The van der Waals surface area contributed by atoms with Gasteiger partial charge in [-0.1, -0.05) is 0 Å². The van der Waals surface area contributed by atoms with Gasteiger partial charge in [-0.25, -0.2) is 4.79 Å². The third-order valence-electron chi connectivity index (χ3n) is 3.36. The Morgan fingerprint density at radius 1 is 1.21 bits per heavy atom. The van der Waals surface area contributed by atoms with Gasteiger partial charge in [-0.2, -0.15) is 0 Å². The third-order valence-corrected chi connectivity index (χ3v) is 3.36. The molecule has 2 aliphatic rings. The molecule has 0 radical (unpaired) electrons. The van der Waals surface area contributed by atoms with E-state index in [-0.39, 0.29) is 19.2 Å². The smallest absolute Gasteiger partial charge is 0.315 e. The van der Waals surface area contributed by atoms with Gasteiger partial charge in [-0.05, 0) is 25.8 Å². The Hall–Kier alpha value is -1.34. The Bertz CT molecular complexity index is 333. The number of carbonyl (C=O) groups is 2. The van der Waals surface area contributed by atoms with Crippen LogP contribution in [0.5, 0.6) is 0 Å². The van der Waals surface area contributed by atoms with E-state index >= 15 is 0 Å². The fourth-order valence-corrected chi connectivity index (χ4v) is 2.04. The van der Waals surface area contributed by atoms with E-state index in [2.05, 4.69) is 16.0 Å². The molecule has 1 aliphatic heterocycles. The summed E-state index contributed by atoms with van der Waals surface area (Å²) in [7, 11) is 0. The number of aliphatic carboxylic acids is 1. The van der Waals surface area contributed by atoms with Gasteiger partial charge >= 0.3 is 12.0 Å². The van der Waals surface area contributed by atoms with Gasteiger partial charge in [-0.15, -0.1) is 0 Å². The molecule has 1 aliphatic carbocycles. The SMILES string of the molecule is O=C(NCCCNC1CC1)NC1COCC1C(=O)O. The maximum Gasteiger partial charge on any atom is 0.315 e. The maximum absolute atomic E-state index is 11.6. The molecule has 0 aromatic rings. The zero-order chi connectivity index (χ0) is 13.7. The van der Waals surface area contributed by atoms with Crippen LogP contribution in [0.4, 0.5) is 4.79 Å². The van der Waals surface area contributed by atoms with E-state index in [9.17, 15) is 9.59 Å². The molecule has 1 heterocycles. The highest BCUT2D eigenvalue weighted by molar-refractivity contribution is 5.77. The van der Waals surface area contributed by atoms with E-state index < -0.39 is 17.9 Å². The van der Waals surface area contributed by atoms with Gasteiger partial charge in [-0.3, -0.25) is 4.79 Å². The van der Waals surface area contributed by atoms with E-state index in [1.165, 1.54) is 12.8 Å². The molecule has 0 aromatic heterocycles. The van der Waals surface area contributed by atoms with Crippen LogP contribution in [0.3, 0.4) is 0 Å². The highest BCUT2D eigenvalue weighted by Gasteiger charge is 2.34. The van der Waals surface area contributed by atoms with Gasteiger partial charge in [0.2, 0.25) is 0 Å². The van der Waals surface area contributed by atoms with Gasteiger partial charge in [0.25, 0.3) is 0 Å². The standard InChI is InChI=1S/C12H21N3O4/c16-11(17)9-6-19-7-10(9)15-12(18)14-5-1-4-13-8-2-3-8/h8-10,13H,1-7H2,(H,16,17)(H2,14,15,18). The number of amides is 2. The molecule has 2 unspecified atom stereocenters. The molecule has 108 valence electrons. The average Bonchev–Trinajstić information content (AvgIpc) is 3.06. The molecule has 7 heteroatoms. The number of ether oxygens (including phenoxy) is 1. The second-order valence-corrected chi connectivity index (χ2v) is 5.07. The van der Waals surface area contributed by atoms with Crippen molar-refractivity contribution in [2.75, 3.05) is 26.3 Å². The number of hydrogen-bond acceptors (Lipinski definition) is 4. The van der Waals surface area contributed by atoms with Crippen molar-refractivity contribution in [3.05, 3.63) is 0 Å². The number of hydrogen-bond donors (Lipinski definition) is 4. The number of carboxylic acids is 1. The third kappa shape index (κ3) is 4.68. The summed E-state index contributed by atoms with van der Waals surface area (Å²) >= 11 is 0. The van der Waals surface area contributed by atoms with Gasteiger partial charge in [0, 0.05) is 12.6 Å². The van der Waals surface area contributed by atoms with Crippen molar-refractivity contribution < 1.29 is 19.4 Å². The largest absolute Gasteiger partial charge is 0.481 e. The molecule has 4 N–H and O–H groups in total. The summed E-state index contributed by atoms with van der Waals surface area (Å²) in [4.78, 5) is 22.5. The van der Waals surface area contributed by atoms with Crippen LogP contribution >= 0.6 is 0 Å². The van der Waals surface area contributed by atoms with Crippen LogP contribution in [-0.2, 0) is 9.53 Å². The molecule has 1 saturated carbocycles. The van der Waals surface area contributed by atoms with Crippen LogP contribution in [0.2, 0.25) is 0 Å². The molecule has 2 atom stereocenters. The number of carboxylic acid groups (broad SMARTS) is 1. The van der Waals surface area contributed by atoms with E-state index in [4.69, 9.17) is 9.84 Å². The molecular formula is C12H21N3O4. The lowest BCUT2D eigenvalue weighted by Crippen LogP contribution is -2.47. The minimum Gasteiger partial charge on any atom is -0.481 e. The summed E-state index contributed by atoms with van der Waals surface area (Å²) in [5.74, 6) is -1.58. The van der Waals surface area contributed by atoms with Crippen LogP contribution in [0.15, 0.2) is 0 Å². The highest BCUT2D eigenvalue weighted by atomic mass is 16.5. The molecule has 0 aromatic carbocycles. The Kier molecular flexibility index (Phi) is 4.98. The van der Waals surface area contributed by atoms with Gasteiger partial charge in [0.05, 0.1) is 19.3 Å². The summed E-state index contributed by atoms with van der Waals surface area (Å²) < 4.78 is 5.07. The van der Waals surface area contributed by atoms with Crippen LogP contribution < -0.4 is 16.0 Å². The van der Waals surface area contributed by atoms with Crippen molar-refractivity contribution in [3.63, 3.8) is 0 Å². The molecule has 2 amide bonds. The second-order valence-electron chi connectivity index (χ2n) is 5.07. The van der Waals surface area contributed by atoms with Gasteiger partial charge in [0.15, 0.2) is 0 Å². The minimum atomic E-state index is -0.934. The van der Waals surface area contributed by atoms with Gasteiger partial charge < -0.3 is 25.8 Å². The quantitative estimate of drug-likeness (QED) is 0.469.